The molecule has 3 atom stereocenters. The molecule has 0 radical (unpaired) electrons. The van der Waals surface area contributed by atoms with Crippen molar-refractivity contribution in [3.63, 3.8) is 0 Å². The molecule has 5 nitrogen and oxygen atoms in total. The van der Waals surface area contributed by atoms with Crippen LogP contribution in [0.3, 0.4) is 0 Å². The summed E-state index contributed by atoms with van der Waals surface area (Å²) in [6.07, 6.45) is 8.50. The number of ketones is 1. The highest BCUT2D eigenvalue weighted by Gasteiger charge is 2.34. The Bertz CT molecular complexity index is 972. The number of aliphatic hydroxyl groups is 2. The van der Waals surface area contributed by atoms with Gasteiger partial charge in [0.2, 0.25) is 0 Å². The summed E-state index contributed by atoms with van der Waals surface area (Å²) >= 11 is 0. The Morgan fingerprint density at radius 2 is 1.33 bits per heavy atom. The summed E-state index contributed by atoms with van der Waals surface area (Å²) in [5, 5.41) is 20.7. The summed E-state index contributed by atoms with van der Waals surface area (Å²) in [6.45, 7) is 0.589. The molecule has 4 rings (SSSR count). The second kappa shape index (κ2) is 11.1. The average molecular weight is 450 g/mol. The fourth-order valence-electron chi connectivity index (χ4n) is 5.28. The molecule has 33 heavy (non-hydrogen) atoms. The molecule has 3 unspecified atom stereocenters. The first-order valence-corrected chi connectivity index (χ1v) is 12.5. The molecule has 2 aromatic rings. The highest BCUT2D eigenvalue weighted by atomic mass is 16.3. The van der Waals surface area contributed by atoms with Gasteiger partial charge in [0.05, 0.1) is 6.10 Å². The Hall–Kier alpha value is -2.50. The van der Waals surface area contributed by atoms with Crippen LogP contribution < -0.4 is 0 Å². The summed E-state index contributed by atoms with van der Waals surface area (Å²) in [4.78, 5) is 26.9. The number of carbonyl (C=O) groups is 2. The molecular weight excluding hydrogens is 414 g/mol. The lowest BCUT2D eigenvalue weighted by atomic mass is 9.90. The molecule has 0 fully saturated rings. The first-order valence-electron chi connectivity index (χ1n) is 12.5. The first-order chi connectivity index (χ1) is 16.1. The van der Waals surface area contributed by atoms with Gasteiger partial charge < -0.3 is 15.1 Å². The largest absolute Gasteiger partial charge is 0.388 e. The predicted octanol–water partition coefficient (Wildman–Crippen LogP) is 5.58. The van der Waals surface area contributed by atoms with Crippen LogP contribution in [-0.4, -0.2) is 33.3 Å². The van der Waals surface area contributed by atoms with E-state index in [1.54, 1.807) is 11.0 Å². The first kappa shape index (κ1) is 23.7. The maximum Gasteiger partial charge on any atom is 0.256 e. The lowest BCUT2D eigenvalue weighted by Crippen LogP contribution is -2.28. The molecule has 0 bridgehead atoms. The third-order valence-electron chi connectivity index (χ3n) is 7.22. The van der Waals surface area contributed by atoms with Crippen molar-refractivity contribution >= 4 is 11.7 Å². The van der Waals surface area contributed by atoms with Gasteiger partial charge in [-0.15, -0.1) is 0 Å². The number of Topliss-reactive ketones (excluding diaryl/α,β-unsaturated/α-hetero) is 1. The van der Waals surface area contributed by atoms with Crippen molar-refractivity contribution in [3.8, 4) is 0 Å². The molecule has 1 heterocycles. The van der Waals surface area contributed by atoms with Crippen molar-refractivity contribution < 1.29 is 19.8 Å². The summed E-state index contributed by atoms with van der Waals surface area (Å²) in [5.74, 6) is 0.154. The van der Waals surface area contributed by atoms with Gasteiger partial charge >= 0.3 is 0 Å². The molecule has 1 aliphatic heterocycles. The van der Waals surface area contributed by atoms with Gasteiger partial charge in [-0.1, -0.05) is 81.0 Å². The molecule has 0 saturated carbocycles. The Morgan fingerprint density at radius 1 is 0.727 bits per heavy atom. The van der Waals surface area contributed by atoms with Crippen LogP contribution in [-0.2, 0) is 0 Å². The number of amides is 1. The van der Waals surface area contributed by atoms with Crippen molar-refractivity contribution in [1.82, 2.24) is 4.90 Å². The number of hydrogen-bond donors (Lipinski definition) is 2. The Morgan fingerprint density at radius 3 is 2.06 bits per heavy atom. The smallest absolute Gasteiger partial charge is 0.256 e. The van der Waals surface area contributed by atoms with E-state index in [0.717, 1.165) is 63.4 Å². The lowest BCUT2D eigenvalue weighted by Gasteiger charge is -2.20. The van der Waals surface area contributed by atoms with Crippen LogP contribution in [0.1, 0.15) is 108 Å². The average Bonchev–Trinajstić information content (AvgIpc) is 3.01. The van der Waals surface area contributed by atoms with Gasteiger partial charge in [0.25, 0.3) is 5.91 Å². The number of benzene rings is 2. The van der Waals surface area contributed by atoms with E-state index >= 15 is 0 Å². The minimum atomic E-state index is -0.812. The lowest BCUT2D eigenvalue weighted by molar-refractivity contribution is 0.0169. The van der Waals surface area contributed by atoms with E-state index in [4.69, 9.17) is 0 Å². The van der Waals surface area contributed by atoms with Crippen molar-refractivity contribution in [2.45, 2.75) is 76.5 Å². The third kappa shape index (κ3) is 5.36. The second-order valence-corrected chi connectivity index (χ2v) is 9.46. The molecule has 2 aliphatic rings. The van der Waals surface area contributed by atoms with Crippen LogP contribution in [0.25, 0.3) is 0 Å². The molecule has 1 aliphatic carbocycles. The van der Waals surface area contributed by atoms with Gasteiger partial charge in [0.1, 0.15) is 0 Å². The van der Waals surface area contributed by atoms with E-state index in [1.165, 1.54) is 0 Å². The summed E-state index contributed by atoms with van der Waals surface area (Å²) in [7, 11) is 0. The molecule has 0 aromatic heterocycles. The zero-order valence-electron chi connectivity index (χ0n) is 19.3. The van der Waals surface area contributed by atoms with Gasteiger partial charge in [-0.05, 0) is 37.3 Å². The number of fused-ring (bicyclic) bond motifs is 2. The van der Waals surface area contributed by atoms with Gasteiger partial charge in [-0.2, -0.15) is 0 Å². The molecule has 5 heteroatoms. The number of carbonyl (C=O) groups excluding carboxylic acids is 2. The number of hydrogen-bond acceptors (Lipinski definition) is 4. The van der Waals surface area contributed by atoms with E-state index < -0.39 is 12.3 Å². The van der Waals surface area contributed by atoms with Crippen molar-refractivity contribution in [2.75, 3.05) is 6.54 Å². The quantitative estimate of drug-likeness (QED) is 0.367. The fourth-order valence-corrected chi connectivity index (χ4v) is 5.28. The zero-order chi connectivity index (χ0) is 23.2. The third-order valence-corrected chi connectivity index (χ3v) is 7.22. The SMILES string of the molecule is O=C1c2ccccc2C(O)CCC1CCCCCCCCCN1C(=O)c2ccccc2C1O. The van der Waals surface area contributed by atoms with Crippen LogP contribution in [0.2, 0.25) is 0 Å². The normalized spacial score (nSPS) is 22.2. The summed E-state index contributed by atoms with van der Waals surface area (Å²) in [6, 6.07) is 14.8. The standard InChI is InChI=1S/C28H35NO4/c30-25-18-17-20(26(31)22-14-8-7-13-21(22)25)12-6-4-2-1-3-5-11-19-29-27(32)23-15-9-10-16-24(23)28(29)33/h7-10,13-16,20,25,27,30,32H,1-6,11-12,17-19H2. The van der Waals surface area contributed by atoms with Crippen LogP contribution >= 0.6 is 0 Å². The van der Waals surface area contributed by atoms with Gasteiger partial charge in [0.15, 0.2) is 12.0 Å². The Labute approximate surface area is 196 Å². The Balaban J connectivity index is 1.09. The number of unbranched alkanes of at least 4 members (excludes halogenated alkanes) is 6. The number of aliphatic hydroxyl groups excluding tert-OH is 2. The fraction of sp³-hybridized carbons (Fsp3) is 0.500. The second-order valence-electron chi connectivity index (χ2n) is 9.46. The van der Waals surface area contributed by atoms with Crippen molar-refractivity contribution in [3.05, 3.63) is 70.8 Å². The molecule has 2 N–H and O–H groups in total. The van der Waals surface area contributed by atoms with Gasteiger partial charge in [-0.3, -0.25) is 9.59 Å². The highest BCUT2D eigenvalue weighted by Crippen LogP contribution is 2.34. The maximum absolute atomic E-state index is 12.9. The number of nitrogens with zero attached hydrogens (tertiary/aromatic N) is 1. The molecular formula is C28H35NO4. The van der Waals surface area contributed by atoms with E-state index in [9.17, 15) is 19.8 Å². The molecule has 1 amide bonds. The topological polar surface area (TPSA) is 77.8 Å². The van der Waals surface area contributed by atoms with E-state index in [0.29, 0.717) is 29.7 Å². The van der Waals surface area contributed by atoms with Crippen molar-refractivity contribution in [2.24, 2.45) is 5.92 Å². The van der Waals surface area contributed by atoms with E-state index in [2.05, 4.69) is 0 Å². The monoisotopic (exact) mass is 449 g/mol. The molecule has 176 valence electrons. The predicted molar refractivity (Wildman–Crippen MR) is 128 cm³/mol. The van der Waals surface area contributed by atoms with Crippen LogP contribution in [0.15, 0.2) is 48.5 Å². The number of rotatable bonds is 10. The molecule has 0 spiro atoms. The minimum absolute atomic E-state index is 0.0249. The Kier molecular flexibility index (Phi) is 7.94. The van der Waals surface area contributed by atoms with Crippen molar-refractivity contribution in [1.29, 1.82) is 0 Å². The van der Waals surface area contributed by atoms with Gasteiger partial charge in [0, 0.05) is 29.2 Å². The highest BCUT2D eigenvalue weighted by molar-refractivity contribution is 6.00. The van der Waals surface area contributed by atoms with Crippen LogP contribution in [0.5, 0.6) is 0 Å². The maximum atomic E-state index is 12.9. The molecule has 0 saturated heterocycles. The zero-order valence-corrected chi connectivity index (χ0v) is 19.3. The van der Waals surface area contributed by atoms with Crippen LogP contribution in [0.4, 0.5) is 0 Å². The summed E-state index contributed by atoms with van der Waals surface area (Å²) < 4.78 is 0. The van der Waals surface area contributed by atoms with E-state index in [1.807, 2.05) is 42.5 Å². The van der Waals surface area contributed by atoms with Crippen LogP contribution in [0, 0.1) is 5.92 Å². The minimum Gasteiger partial charge on any atom is -0.388 e. The van der Waals surface area contributed by atoms with Gasteiger partial charge in [-0.25, -0.2) is 0 Å². The molecule has 2 aromatic carbocycles. The van der Waals surface area contributed by atoms with E-state index in [-0.39, 0.29) is 17.6 Å². The summed E-state index contributed by atoms with van der Waals surface area (Å²) in [5.41, 5.74) is 2.83.